The van der Waals surface area contributed by atoms with Crippen molar-refractivity contribution in [3.05, 3.63) is 95.8 Å². The molecule has 1 N–H and O–H groups in total. The Bertz CT molecular complexity index is 1340. The van der Waals surface area contributed by atoms with Crippen LogP contribution in [0.25, 0.3) is 17.1 Å². The third kappa shape index (κ3) is 7.48. The van der Waals surface area contributed by atoms with Crippen molar-refractivity contribution in [1.29, 1.82) is 0 Å². The van der Waals surface area contributed by atoms with E-state index in [0.29, 0.717) is 26.0 Å². The first kappa shape index (κ1) is 27.0. The monoisotopic (exact) mass is 511 g/mol. The molecule has 6 nitrogen and oxygen atoms in total. The molecule has 0 aliphatic carbocycles. The van der Waals surface area contributed by atoms with Gasteiger partial charge in [-0.3, -0.25) is 4.79 Å². The number of nitrogens with zero attached hydrogens (tertiary/aromatic N) is 2. The molecule has 6 heteroatoms. The van der Waals surface area contributed by atoms with Gasteiger partial charge in [0.1, 0.15) is 5.82 Å². The number of imidazole rings is 1. The Kier molecular flexibility index (Phi) is 9.96. The fourth-order valence-corrected chi connectivity index (χ4v) is 4.52. The number of hydrogen-bond donors (Lipinski definition) is 1. The van der Waals surface area contributed by atoms with Crippen LogP contribution in [0.3, 0.4) is 0 Å². The maximum atomic E-state index is 12.4. The van der Waals surface area contributed by atoms with E-state index in [1.807, 2.05) is 73.7 Å². The average Bonchev–Trinajstić information content (AvgIpc) is 3.30. The van der Waals surface area contributed by atoms with Crippen LogP contribution in [-0.2, 0) is 24.2 Å². The van der Waals surface area contributed by atoms with E-state index in [0.717, 1.165) is 59.7 Å². The van der Waals surface area contributed by atoms with Crippen molar-refractivity contribution in [1.82, 2.24) is 14.9 Å². The van der Waals surface area contributed by atoms with Crippen molar-refractivity contribution >= 4 is 23.0 Å². The van der Waals surface area contributed by atoms with Gasteiger partial charge < -0.3 is 19.4 Å². The van der Waals surface area contributed by atoms with Gasteiger partial charge in [0, 0.05) is 25.9 Å². The summed E-state index contributed by atoms with van der Waals surface area (Å²) < 4.78 is 13.8. The minimum Gasteiger partial charge on any atom is -0.493 e. The molecule has 4 aromatic rings. The molecule has 198 valence electrons. The Hall–Kier alpha value is -4.06. The van der Waals surface area contributed by atoms with Gasteiger partial charge in [-0.1, -0.05) is 60.7 Å². The highest BCUT2D eigenvalue weighted by Crippen LogP contribution is 2.29. The standard InChI is InChI=1S/C32H37N3O3/c1-3-11-26-16-18-29(30(24-26)37-2)38-23-10-9-22-35-28-15-8-7-14-27(28)34-31(35)20-21-33-32(36)19-17-25-12-5-4-6-13-25/h3-8,11-16,18,24H,9-10,17,19-23H2,1-2H3,(H,33,36)/b11-3+. The second-order valence-corrected chi connectivity index (χ2v) is 9.22. The third-order valence-electron chi connectivity index (χ3n) is 6.47. The number of benzene rings is 3. The Morgan fingerprint density at radius 2 is 1.79 bits per heavy atom. The average molecular weight is 512 g/mol. The molecule has 1 aromatic heterocycles. The molecule has 1 amide bonds. The van der Waals surface area contributed by atoms with Gasteiger partial charge >= 0.3 is 0 Å². The van der Waals surface area contributed by atoms with Gasteiger partial charge in [0.15, 0.2) is 11.5 Å². The molecule has 0 aliphatic rings. The van der Waals surface area contributed by atoms with Crippen LogP contribution in [0.15, 0.2) is 78.9 Å². The molecule has 0 saturated carbocycles. The predicted octanol–water partition coefficient (Wildman–Crippen LogP) is 6.23. The topological polar surface area (TPSA) is 65.4 Å². The van der Waals surface area contributed by atoms with E-state index >= 15 is 0 Å². The maximum Gasteiger partial charge on any atom is 0.220 e. The summed E-state index contributed by atoms with van der Waals surface area (Å²) in [6, 6.07) is 24.3. The number of aromatic nitrogens is 2. The molecule has 0 fully saturated rings. The van der Waals surface area contributed by atoms with Crippen molar-refractivity contribution in [3.63, 3.8) is 0 Å². The van der Waals surface area contributed by atoms with Gasteiger partial charge in [0.25, 0.3) is 0 Å². The Balaban J connectivity index is 1.28. The van der Waals surface area contributed by atoms with Gasteiger partial charge in [-0.2, -0.15) is 0 Å². The number of carbonyl (C=O) groups excluding carboxylic acids is 1. The molecule has 0 unspecified atom stereocenters. The number of rotatable bonds is 14. The lowest BCUT2D eigenvalue weighted by atomic mass is 10.1. The number of hydrogen-bond acceptors (Lipinski definition) is 4. The van der Waals surface area contributed by atoms with Gasteiger partial charge in [0.2, 0.25) is 5.91 Å². The van der Waals surface area contributed by atoms with E-state index in [9.17, 15) is 4.79 Å². The van der Waals surface area contributed by atoms with Crippen LogP contribution < -0.4 is 14.8 Å². The van der Waals surface area contributed by atoms with Crippen LogP contribution in [0.2, 0.25) is 0 Å². The largest absolute Gasteiger partial charge is 0.493 e. The Morgan fingerprint density at radius 3 is 2.61 bits per heavy atom. The summed E-state index contributed by atoms with van der Waals surface area (Å²) >= 11 is 0. The zero-order valence-corrected chi connectivity index (χ0v) is 22.4. The number of methoxy groups -OCH3 is 1. The number of allylic oxidation sites excluding steroid dienone is 1. The van der Waals surface area contributed by atoms with Gasteiger partial charge in [-0.15, -0.1) is 0 Å². The van der Waals surface area contributed by atoms with Crippen LogP contribution in [0.5, 0.6) is 11.5 Å². The number of nitrogens with one attached hydrogen (secondary N) is 1. The first-order chi connectivity index (χ1) is 18.7. The van der Waals surface area contributed by atoms with Crippen LogP contribution in [0, 0.1) is 0 Å². The fourth-order valence-electron chi connectivity index (χ4n) is 4.52. The molecule has 0 atom stereocenters. The number of unbranched alkanes of at least 4 members (excludes halogenated alkanes) is 1. The number of amides is 1. The lowest BCUT2D eigenvalue weighted by Gasteiger charge is -2.13. The Morgan fingerprint density at radius 1 is 0.974 bits per heavy atom. The summed E-state index contributed by atoms with van der Waals surface area (Å²) in [5.74, 6) is 2.58. The van der Waals surface area contributed by atoms with Gasteiger partial charge in [-0.25, -0.2) is 4.98 Å². The van der Waals surface area contributed by atoms with E-state index < -0.39 is 0 Å². The predicted molar refractivity (Wildman–Crippen MR) is 154 cm³/mol. The second-order valence-electron chi connectivity index (χ2n) is 9.22. The maximum absolute atomic E-state index is 12.4. The van der Waals surface area contributed by atoms with Crippen LogP contribution in [-0.4, -0.2) is 35.7 Å². The minimum atomic E-state index is 0.0721. The fraction of sp³-hybridized carbons (Fsp3) is 0.312. The highest BCUT2D eigenvalue weighted by molar-refractivity contribution is 5.77. The van der Waals surface area contributed by atoms with Crippen molar-refractivity contribution in [2.75, 3.05) is 20.3 Å². The van der Waals surface area contributed by atoms with Gasteiger partial charge in [-0.05, 0) is 61.6 Å². The molecule has 1 heterocycles. The summed E-state index contributed by atoms with van der Waals surface area (Å²) in [5, 5.41) is 3.06. The number of fused-ring (bicyclic) bond motifs is 1. The second kappa shape index (κ2) is 14.0. The summed E-state index contributed by atoms with van der Waals surface area (Å²) in [6.45, 7) is 4.02. The summed E-state index contributed by atoms with van der Waals surface area (Å²) in [6.07, 6.45) is 7.83. The molecular weight excluding hydrogens is 474 g/mol. The molecule has 0 spiro atoms. The lowest BCUT2D eigenvalue weighted by molar-refractivity contribution is -0.121. The molecule has 0 radical (unpaired) electrons. The lowest BCUT2D eigenvalue weighted by Crippen LogP contribution is -2.26. The Labute approximate surface area is 225 Å². The molecule has 3 aromatic carbocycles. The molecule has 0 aliphatic heterocycles. The number of para-hydroxylation sites is 2. The van der Waals surface area contributed by atoms with Crippen LogP contribution in [0.1, 0.15) is 43.1 Å². The minimum absolute atomic E-state index is 0.0721. The normalized spacial score (nSPS) is 11.2. The third-order valence-corrected chi connectivity index (χ3v) is 6.47. The summed E-state index contributed by atoms with van der Waals surface area (Å²) in [4.78, 5) is 17.2. The summed E-state index contributed by atoms with van der Waals surface area (Å²) in [5.41, 5.74) is 4.38. The first-order valence-electron chi connectivity index (χ1n) is 13.4. The number of ether oxygens (including phenoxy) is 2. The van der Waals surface area contributed by atoms with E-state index in [4.69, 9.17) is 14.5 Å². The SMILES string of the molecule is C/C=C/c1ccc(OCCCCn2c(CCNC(=O)CCc3ccccc3)nc3ccccc32)c(OC)c1. The molecule has 0 bridgehead atoms. The van der Waals surface area contributed by atoms with Gasteiger partial charge in [0.05, 0.1) is 24.8 Å². The van der Waals surface area contributed by atoms with E-state index in [1.54, 1.807) is 7.11 Å². The number of carbonyl (C=O) groups is 1. The molecule has 4 rings (SSSR count). The van der Waals surface area contributed by atoms with Crippen LogP contribution >= 0.6 is 0 Å². The van der Waals surface area contributed by atoms with Crippen LogP contribution in [0.4, 0.5) is 0 Å². The smallest absolute Gasteiger partial charge is 0.220 e. The highest BCUT2D eigenvalue weighted by atomic mass is 16.5. The first-order valence-corrected chi connectivity index (χ1v) is 13.4. The van der Waals surface area contributed by atoms with Crippen molar-refractivity contribution < 1.29 is 14.3 Å². The molecule has 0 saturated heterocycles. The number of aryl methyl sites for hydroxylation is 2. The zero-order valence-electron chi connectivity index (χ0n) is 22.4. The zero-order chi connectivity index (χ0) is 26.6. The van der Waals surface area contributed by atoms with Crippen molar-refractivity contribution in [2.45, 2.75) is 45.6 Å². The van der Waals surface area contributed by atoms with Crippen molar-refractivity contribution in [3.8, 4) is 11.5 Å². The van der Waals surface area contributed by atoms with E-state index in [2.05, 4.69) is 28.1 Å². The quantitative estimate of drug-likeness (QED) is 0.204. The highest BCUT2D eigenvalue weighted by Gasteiger charge is 2.11. The molecular formula is C32H37N3O3. The van der Waals surface area contributed by atoms with Crippen molar-refractivity contribution in [2.24, 2.45) is 0 Å². The molecule has 38 heavy (non-hydrogen) atoms. The van der Waals surface area contributed by atoms with E-state index in [1.165, 1.54) is 5.56 Å². The summed E-state index contributed by atoms with van der Waals surface area (Å²) in [7, 11) is 1.67. The van der Waals surface area contributed by atoms with E-state index in [-0.39, 0.29) is 5.91 Å².